The number of nitro groups is 1. The van der Waals surface area contributed by atoms with Crippen LogP contribution >= 0.6 is 0 Å². The van der Waals surface area contributed by atoms with E-state index in [0.29, 0.717) is 36.7 Å². The quantitative estimate of drug-likeness (QED) is 0.0446. The lowest BCUT2D eigenvalue weighted by atomic mass is 9.43. The first-order valence-corrected chi connectivity index (χ1v) is 16.7. The summed E-state index contributed by atoms with van der Waals surface area (Å²) in [5.74, 6) is -0.327. The van der Waals surface area contributed by atoms with Crippen molar-refractivity contribution < 1.29 is 23.9 Å². The minimum Gasteiger partial charge on any atom is -0.404 e. The second kappa shape index (κ2) is 14.6. The number of nitrogens with two attached hydrogens (primary N) is 1. The number of ketones is 1. The van der Waals surface area contributed by atoms with Crippen molar-refractivity contribution in [2.75, 3.05) is 6.54 Å². The molecule has 4 aliphatic rings. The van der Waals surface area contributed by atoms with E-state index in [1.54, 1.807) is 0 Å². The molecule has 0 aromatic heterocycles. The van der Waals surface area contributed by atoms with E-state index in [0.717, 1.165) is 32.1 Å². The number of benzene rings is 1. The fourth-order valence-electron chi connectivity index (χ4n) is 7.69. The number of unbranched alkanes of at least 4 members (excludes halogenated alkanes) is 1. The highest BCUT2D eigenvalue weighted by molar-refractivity contribution is 6.47. The number of hydrogen-bond donors (Lipinski definition) is 3. The van der Waals surface area contributed by atoms with Crippen LogP contribution in [0.3, 0.4) is 0 Å². The molecule has 0 radical (unpaired) electrons. The Bertz CT molecular complexity index is 1240. The molecule has 3 aliphatic carbocycles. The van der Waals surface area contributed by atoms with Crippen molar-refractivity contribution in [3.63, 3.8) is 0 Å². The summed E-state index contributed by atoms with van der Waals surface area (Å²) < 4.78 is 13.3. The number of rotatable bonds is 16. The van der Waals surface area contributed by atoms with Gasteiger partial charge < -0.3 is 20.4 Å². The molecule has 1 aliphatic heterocycles. The van der Waals surface area contributed by atoms with Crippen LogP contribution in [0.25, 0.3) is 0 Å². The molecule has 1 aromatic rings. The molecule has 5 rings (SSSR count). The first-order valence-electron chi connectivity index (χ1n) is 16.7. The van der Waals surface area contributed by atoms with Crippen LogP contribution in [0, 0.1) is 39.2 Å². The molecule has 4 fully saturated rings. The molecule has 45 heavy (non-hydrogen) atoms. The molecule has 3 saturated carbocycles. The van der Waals surface area contributed by atoms with Gasteiger partial charge in [0.05, 0.1) is 17.6 Å². The number of guanidine groups is 1. The minimum atomic E-state index is -0.774. The summed E-state index contributed by atoms with van der Waals surface area (Å²) in [6, 6.07) is 7.65. The molecule has 1 amide bonds. The summed E-state index contributed by atoms with van der Waals surface area (Å²) in [6.07, 6.45) is 6.74. The summed E-state index contributed by atoms with van der Waals surface area (Å²) in [7, 11) is -0.564. The van der Waals surface area contributed by atoms with Crippen molar-refractivity contribution in [1.29, 1.82) is 0 Å². The van der Waals surface area contributed by atoms with Gasteiger partial charge in [-0.1, -0.05) is 70.7 Å². The predicted octanol–water partition coefficient (Wildman–Crippen LogP) is 4.89. The molecule has 6 atom stereocenters. The number of hydrogen-bond acceptors (Lipinski definition) is 7. The summed E-state index contributed by atoms with van der Waals surface area (Å²) in [6.45, 7) is 13.4. The molecule has 11 nitrogen and oxygen atoms in total. The van der Waals surface area contributed by atoms with E-state index in [-0.39, 0.29) is 54.0 Å². The van der Waals surface area contributed by atoms with Gasteiger partial charge in [0.2, 0.25) is 5.91 Å². The third-order valence-electron chi connectivity index (χ3n) is 10.4. The Labute approximate surface area is 268 Å². The van der Waals surface area contributed by atoms with Crippen LogP contribution < -0.4 is 16.5 Å². The van der Waals surface area contributed by atoms with Crippen molar-refractivity contribution in [2.24, 2.45) is 39.8 Å². The van der Waals surface area contributed by atoms with Crippen molar-refractivity contribution in [3.8, 4) is 0 Å². The number of carbonyl (C=O) groups is 2. The average Bonchev–Trinajstić information content (AvgIpc) is 3.34. The molecule has 248 valence electrons. The SMILES string of the molecule is CCCCc1ccc(C(=O)C[C@@H](CCCN=C(N)N[N+](=O)[O-])C(=O)N[C@@H](CC(C)C)B2O[C@@H]3C[C@@H]4C[C@@H](C4(C)C)[C@]3(C)O2)cc1. The van der Waals surface area contributed by atoms with Gasteiger partial charge in [-0.05, 0) is 80.6 Å². The van der Waals surface area contributed by atoms with Crippen LogP contribution in [-0.4, -0.2) is 54.0 Å². The highest BCUT2D eigenvalue weighted by Gasteiger charge is 2.68. The Morgan fingerprint density at radius 2 is 1.89 bits per heavy atom. The maximum atomic E-state index is 13.9. The number of hydrazine groups is 1. The second-order valence-corrected chi connectivity index (χ2v) is 14.5. The molecular weight excluding hydrogens is 573 g/mol. The molecule has 12 heteroatoms. The average molecular weight is 626 g/mol. The lowest BCUT2D eigenvalue weighted by Gasteiger charge is -2.64. The van der Waals surface area contributed by atoms with E-state index >= 15 is 0 Å². The lowest BCUT2D eigenvalue weighted by molar-refractivity contribution is -0.525. The van der Waals surface area contributed by atoms with Crippen molar-refractivity contribution in [3.05, 3.63) is 45.5 Å². The lowest BCUT2D eigenvalue weighted by Crippen LogP contribution is -2.65. The van der Waals surface area contributed by atoms with E-state index in [2.05, 4.69) is 51.9 Å². The Balaban J connectivity index is 1.47. The Morgan fingerprint density at radius 3 is 2.51 bits per heavy atom. The van der Waals surface area contributed by atoms with Gasteiger partial charge >= 0.3 is 7.12 Å². The molecule has 1 heterocycles. The summed E-state index contributed by atoms with van der Waals surface area (Å²) >= 11 is 0. The second-order valence-electron chi connectivity index (χ2n) is 14.5. The van der Waals surface area contributed by atoms with E-state index in [4.69, 9.17) is 15.0 Å². The zero-order valence-electron chi connectivity index (χ0n) is 27.8. The zero-order valence-corrected chi connectivity index (χ0v) is 27.8. The molecule has 0 spiro atoms. The van der Waals surface area contributed by atoms with Crippen molar-refractivity contribution in [1.82, 2.24) is 10.7 Å². The van der Waals surface area contributed by atoms with Crippen LogP contribution in [-0.2, 0) is 20.5 Å². The Kier molecular flexibility index (Phi) is 11.3. The first kappa shape index (κ1) is 34.9. The van der Waals surface area contributed by atoms with E-state index in [1.807, 2.05) is 29.7 Å². The van der Waals surface area contributed by atoms with Crippen LogP contribution in [0.1, 0.15) is 109 Å². The van der Waals surface area contributed by atoms with Crippen LogP contribution in [0.2, 0.25) is 0 Å². The first-order chi connectivity index (χ1) is 21.2. The van der Waals surface area contributed by atoms with Crippen LogP contribution in [0.5, 0.6) is 0 Å². The third-order valence-corrected chi connectivity index (χ3v) is 10.4. The van der Waals surface area contributed by atoms with E-state index < -0.39 is 23.7 Å². The maximum absolute atomic E-state index is 13.9. The van der Waals surface area contributed by atoms with Crippen molar-refractivity contribution >= 4 is 24.8 Å². The smallest absolute Gasteiger partial charge is 0.404 e. The van der Waals surface area contributed by atoms with Crippen LogP contribution in [0.4, 0.5) is 0 Å². The van der Waals surface area contributed by atoms with E-state index in [1.165, 1.54) is 5.56 Å². The summed E-state index contributed by atoms with van der Waals surface area (Å²) in [4.78, 5) is 42.0. The molecular formula is C33H52BN5O6. The van der Waals surface area contributed by atoms with Gasteiger partial charge in [-0.15, -0.1) is 0 Å². The Morgan fingerprint density at radius 1 is 1.18 bits per heavy atom. The zero-order chi connectivity index (χ0) is 32.9. The number of aryl methyl sites for hydroxylation is 1. The summed E-state index contributed by atoms with van der Waals surface area (Å²) in [5, 5.41) is 13.1. The number of nitrogens with one attached hydrogen (secondary N) is 2. The van der Waals surface area contributed by atoms with Gasteiger partial charge in [0, 0.05) is 24.4 Å². The molecule has 0 unspecified atom stereocenters. The number of amides is 1. The molecule has 1 aromatic carbocycles. The molecule has 4 N–H and O–H groups in total. The largest absolute Gasteiger partial charge is 0.481 e. The van der Waals surface area contributed by atoms with Gasteiger partial charge in [-0.2, -0.15) is 0 Å². The highest BCUT2D eigenvalue weighted by Crippen LogP contribution is 2.65. The third kappa shape index (κ3) is 8.25. The highest BCUT2D eigenvalue weighted by atomic mass is 16.7. The van der Waals surface area contributed by atoms with Gasteiger partial charge in [0.15, 0.2) is 10.8 Å². The van der Waals surface area contributed by atoms with Crippen LogP contribution in [0.15, 0.2) is 29.3 Å². The fourth-order valence-corrected chi connectivity index (χ4v) is 7.69. The number of Topliss-reactive ketones (excluding diaryl/α,β-unsaturated/α-hetero) is 1. The topological polar surface area (TPSA) is 158 Å². The number of nitrogens with zero attached hydrogens (tertiary/aromatic N) is 2. The normalized spacial score (nSPS) is 26.5. The summed E-state index contributed by atoms with van der Waals surface area (Å²) in [5.41, 5.74) is 8.96. The van der Waals surface area contributed by atoms with Gasteiger partial charge in [0.25, 0.3) is 5.96 Å². The van der Waals surface area contributed by atoms with Crippen molar-refractivity contribution in [2.45, 2.75) is 117 Å². The van der Waals surface area contributed by atoms with Gasteiger partial charge in [-0.3, -0.25) is 9.59 Å². The predicted molar refractivity (Wildman–Crippen MR) is 175 cm³/mol. The van der Waals surface area contributed by atoms with E-state index in [9.17, 15) is 19.7 Å². The fraction of sp³-hybridized carbons (Fsp3) is 0.727. The monoisotopic (exact) mass is 625 g/mol. The van der Waals surface area contributed by atoms with Gasteiger partial charge in [-0.25, -0.2) is 15.1 Å². The van der Waals surface area contributed by atoms with Gasteiger partial charge in [0.1, 0.15) is 0 Å². The maximum Gasteiger partial charge on any atom is 0.481 e. The molecule has 2 bridgehead atoms. The Hall–Kier alpha value is -2.99. The standard InChI is InChI=1S/C33H52BN5O6/c1-7-8-10-22-12-14-23(15-13-22)26(40)18-24(11-9-16-36-31(35)38-39(42)43)30(41)37-29(17-21(2)3)34-44-28-20-25-19-27(32(25,4)5)33(28,6)45-34/h12-15,21,24-25,27-29H,7-11,16-20H2,1-6H3,(H,37,41)(H3,35,36,38)/t24-,25+,27+,28-,29+,33+/m1/s1. The molecule has 1 saturated heterocycles. The number of aliphatic imine (C=N–C) groups is 1. The number of carbonyl (C=O) groups excluding carboxylic acids is 2. The minimum absolute atomic E-state index is 0.000364.